The van der Waals surface area contributed by atoms with Crippen LogP contribution in [0, 0.1) is 0 Å². The lowest BCUT2D eigenvalue weighted by atomic mass is 9.96. The van der Waals surface area contributed by atoms with E-state index in [0.29, 0.717) is 5.56 Å². The fraction of sp³-hybridized carbons (Fsp3) is 0.222. The zero-order valence-electron chi connectivity index (χ0n) is 6.82. The van der Waals surface area contributed by atoms with E-state index in [2.05, 4.69) is 0 Å². The van der Waals surface area contributed by atoms with Crippen LogP contribution in [0.25, 0.3) is 0 Å². The van der Waals surface area contributed by atoms with Gasteiger partial charge in [-0.05, 0) is 12.5 Å². The summed E-state index contributed by atoms with van der Waals surface area (Å²) in [5.41, 5.74) is 3.96. The van der Waals surface area contributed by atoms with Crippen LogP contribution >= 0.6 is 0 Å². The third-order valence-electron chi connectivity index (χ3n) is 1.82. The summed E-state index contributed by atoms with van der Waals surface area (Å²) in [5, 5.41) is 9.59. The van der Waals surface area contributed by atoms with Gasteiger partial charge in [0.25, 0.3) is 5.91 Å². The van der Waals surface area contributed by atoms with E-state index in [0.717, 1.165) is 0 Å². The summed E-state index contributed by atoms with van der Waals surface area (Å²) in [6.07, 6.45) is 0. The van der Waals surface area contributed by atoms with Crippen molar-refractivity contribution in [2.75, 3.05) is 0 Å². The number of carbonyl (C=O) groups is 1. The number of benzene rings is 1. The highest BCUT2D eigenvalue weighted by molar-refractivity contribution is 5.84. The quantitative estimate of drug-likeness (QED) is 0.665. The molecule has 3 N–H and O–H groups in total. The fourth-order valence-electron chi connectivity index (χ4n) is 0.905. The zero-order valence-corrected chi connectivity index (χ0v) is 6.82. The molecule has 0 fully saturated rings. The van der Waals surface area contributed by atoms with Gasteiger partial charge in [0.15, 0.2) is 5.60 Å². The number of amides is 1. The molecule has 1 atom stereocenters. The van der Waals surface area contributed by atoms with Crippen molar-refractivity contribution in [3.8, 4) is 0 Å². The van der Waals surface area contributed by atoms with E-state index in [1.807, 2.05) is 0 Å². The summed E-state index contributed by atoms with van der Waals surface area (Å²) < 4.78 is 0. The lowest BCUT2D eigenvalue weighted by molar-refractivity contribution is -0.135. The summed E-state index contributed by atoms with van der Waals surface area (Å²) >= 11 is 0. The predicted octanol–water partition coefficient (Wildman–Crippen LogP) is 0.379. The normalized spacial score (nSPS) is 15.2. The van der Waals surface area contributed by atoms with Crippen LogP contribution in [0.3, 0.4) is 0 Å². The molecule has 3 heteroatoms. The van der Waals surface area contributed by atoms with Crippen LogP contribution in [0.5, 0.6) is 0 Å². The molecule has 3 nitrogen and oxygen atoms in total. The van der Waals surface area contributed by atoms with Gasteiger partial charge in [0, 0.05) is 0 Å². The standard InChI is InChI=1S/C9H11NO2/c1-9(12,8(10)11)7-5-3-2-4-6-7/h2-6,12H,1H3,(H2,10,11)/t9-/m1/s1. The summed E-state index contributed by atoms with van der Waals surface area (Å²) in [7, 11) is 0. The number of aliphatic hydroxyl groups is 1. The molecule has 1 amide bonds. The topological polar surface area (TPSA) is 63.3 Å². The summed E-state index contributed by atoms with van der Waals surface area (Å²) in [6, 6.07) is 8.61. The first-order chi connectivity index (χ1) is 5.55. The molecule has 0 radical (unpaired) electrons. The molecule has 0 heterocycles. The van der Waals surface area contributed by atoms with Gasteiger partial charge >= 0.3 is 0 Å². The Labute approximate surface area is 70.8 Å². The van der Waals surface area contributed by atoms with E-state index >= 15 is 0 Å². The van der Waals surface area contributed by atoms with Crippen molar-refractivity contribution in [2.24, 2.45) is 5.73 Å². The van der Waals surface area contributed by atoms with Gasteiger partial charge < -0.3 is 10.8 Å². The molecular weight excluding hydrogens is 154 g/mol. The van der Waals surface area contributed by atoms with Crippen molar-refractivity contribution in [3.05, 3.63) is 35.9 Å². The maximum absolute atomic E-state index is 10.8. The average Bonchev–Trinajstić information content (AvgIpc) is 2.06. The van der Waals surface area contributed by atoms with E-state index in [-0.39, 0.29) is 0 Å². The largest absolute Gasteiger partial charge is 0.376 e. The van der Waals surface area contributed by atoms with Crippen molar-refractivity contribution >= 4 is 5.91 Å². The SMILES string of the molecule is C[C@](O)(C(N)=O)c1ccccc1. The summed E-state index contributed by atoms with van der Waals surface area (Å²) in [5.74, 6) is -0.742. The molecule has 0 unspecified atom stereocenters. The maximum atomic E-state index is 10.8. The molecule has 0 aliphatic carbocycles. The Morgan fingerprint density at radius 1 is 1.42 bits per heavy atom. The molecule has 0 spiro atoms. The zero-order chi connectivity index (χ0) is 9.19. The maximum Gasteiger partial charge on any atom is 0.253 e. The highest BCUT2D eigenvalue weighted by atomic mass is 16.3. The van der Waals surface area contributed by atoms with Crippen molar-refractivity contribution in [1.29, 1.82) is 0 Å². The number of hydrogen-bond donors (Lipinski definition) is 2. The molecule has 0 bridgehead atoms. The van der Waals surface area contributed by atoms with Gasteiger partial charge in [-0.1, -0.05) is 30.3 Å². The molecule has 12 heavy (non-hydrogen) atoms. The Bertz CT molecular complexity index is 280. The third-order valence-corrected chi connectivity index (χ3v) is 1.82. The molecule has 0 saturated heterocycles. The predicted molar refractivity (Wildman–Crippen MR) is 45.2 cm³/mol. The number of carbonyl (C=O) groups excluding carboxylic acids is 1. The van der Waals surface area contributed by atoms with Crippen LogP contribution in [-0.4, -0.2) is 11.0 Å². The average molecular weight is 165 g/mol. The molecule has 0 aliphatic rings. The summed E-state index contributed by atoms with van der Waals surface area (Å²) in [6.45, 7) is 1.38. The van der Waals surface area contributed by atoms with Gasteiger partial charge in [0.2, 0.25) is 0 Å². The van der Waals surface area contributed by atoms with Crippen LogP contribution < -0.4 is 5.73 Å². The van der Waals surface area contributed by atoms with E-state index in [9.17, 15) is 9.90 Å². The van der Waals surface area contributed by atoms with Crippen LogP contribution in [0.15, 0.2) is 30.3 Å². The Hall–Kier alpha value is -1.35. The van der Waals surface area contributed by atoms with E-state index in [1.165, 1.54) is 6.92 Å². The van der Waals surface area contributed by atoms with Crippen LogP contribution in [-0.2, 0) is 10.4 Å². The number of hydrogen-bond acceptors (Lipinski definition) is 2. The molecular formula is C9H11NO2. The van der Waals surface area contributed by atoms with Gasteiger partial charge in [-0.15, -0.1) is 0 Å². The van der Waals surface area contributed by atoms with Crippen molar-refractivity contribution < 1.29 is 9.90 Å². The summed E-state index contributed by atoms with van der Waals surface area (Å²) in [4.78, 5) is 10.8. The molecule has 0 aliphatic heterocycles. The number of primary amides is 1. The number of rotatable bonds is 2. The van der Waals surface area contributed by atoms with E-state index in [1.54, 1.807) is 30.3 Å². The minimum Gasteiger partial charge on any atom is -0.376 e. The lowest BCUT2D eigenvalue weighted by Crippen LogP contribution is -2.38. The minimum atomic E-state index is -1.57. The van der Waals surface area contributed by atoms with Gasteiger partial charge in [-0.3, -0.25) is 4.79 Å². The third kappa shape index (κ3) is 1.46. The van der Waals surface area contributed by atoms with Crippen molar-refractivity contribution in [1.82, 2.24) is 0 Å². The molecule has 1 aromatic carbocycles. The molecule has 0 aromatic heterocycles. The van der Waals surface area contributed by atoms with Crippen LogP contribution in [0.1, 0.15) is 12.5 Å². The Kier molecular flexibility index (Phi) is 2.15. The first-order valence-corrected chi connectivity index (χ1v) is 3.63. The fourth-order valence-corrected chi connectivity index (χ4v) is 0.905. The van der Waals surface area contributed by atoms with Crippen molar-refractivity contribution in [2.45, 2.75) is 12.5 Å². The second kappa shape index (κ2) is 2.95. The van der Waals surface area contributed by atoms with Crippen LogP contribution in [0.4, 0.5) is 0 Å². The minimum absolute atomic E-state index is 0.512. The molecule has 1 aromatic rings. The molecule has 1 rings (SSSR count). The number of nitrogens with two attached hydrogens (primary N) is 1. The highest BCUT2D eigenvalue weighted by Gasteiger charge is 2.29. The van der Waals surface area contributed by atoms with Gasteiger partial charge in [0.05, 0.1) is 0 Å². The first kappa shape index (κ1) is 8.74. The first-order valence-electron chi connectivity index (χ1n) is 3.63. The second-order valence-electron chi connectivity index (χ2n) is 2.80. The second-order valence-corrected chi connectivity index (χ2v) is 2.80. The van der Waals surface area contributed by atoms with Crippen molar-refractivity contribution in [3.63, 3.8) is 0 Å². The monoisotopic (exact) mass is 165 g/mol. The smallest absolute Gasteiger partial charge is 0.253 e. The lowest BCUT2D eigenvalue weighted by Gasteiger charge is -2.18. The van der Waals surface area contributed by atoms with Crippen LogP contribution in [0.2, 0.25) is 0 Å². The van der Waals surface area contributed by atoms with Gasteiger partial charge in [-0.2, -0.15) is 0 Å². The Balaban J connectivity index is 3.06. The molecule has 64 valence electrons. The van der Waals surface area contributed by atoms with E-state index < -0.39 is 11.5 Å². The Morgan fingerprint density at radius 3 is 2.33 bits per heavy atom. The highest BCUT2D eigenvalue weighted by Crippen LogP contribution is 2.18. The van der Waals surface area contributed by atoms with E-state index in [4.69, 9.17) is 5.73 Å². The Morgan fingerprint density at radius 2 is 1.92 bits per heavy atom. The molecule has 0 saturated carbocycles. The van der Waals surface area contributed by atoms with Gasteiger partial charge in [0.1, 0.15) is 0 Å². The van der Waals surface area contributed by atoms with Gasteiger partial charge in [-0.25, -0.2) is 0 Å².